The minimum Gasteiger partial charge on any atom is -0.455 e. The number of furan rings is 1. The smallest absolute Gasteiger partial charge is 0.374 e. The van der Waals surface area contributed by atoms with Crippen LogP contribution in [-0.4, -0.2) is 31.9 Å². The Hall–Kier alpha value is -1.33. The van der Waals surface area contributed by atoms with E-state index >= 15 is 0 Å². The summed E-state index contributed by atoms with van der Waals surface area (Å²) < 4.78 is 21.9. The van der Waals surface area contributed by atoms with Gasteiger partial charge >= 0.3 is 5.97 Å². The molecule has 116 valence electrons. The standard InChI is InChI=1S/C16H22O5/c1-16(2)13-11(5-4-8-19-13)14(16)21-15(17)12-7-6-10(20-12)9-18-3/h6-7,11,13-14H,4-5,8-9H2,1-3H3/t11-,13-,14+/m0/s1. The molecule has 0 aromatic carbocycles. The van der Waals surface area contributed by atoms with Crippen LogP contribution in [0.4, 0.5) is 0 Å². The van der Waals surface area contributed by atoms with Crippen molar-refractivity contribution in [1.82, 2.24) is 0 Å². The molecule has 2 aliphatic rings. The number of ether oxygens (including phenoxy) is 3. The Balaban J connectivity index is 1.66. The molecule has 1 aromatic heterocycles. The van der Waals surface area contributed by atoms with E-state index in [0.717, 1.165) is 19.4 Å². The molecule has 1 saturated carbocycles. The second-order valence-corrected chi connectivity index (χ2v) is 6.44. The zero-order valence-electron chi connectivity index (χ0n) is 12.8. The number of methoxy groups -OCH3 is 1. The van der Waals surface area contributed by atoms with Crippen molar-refractivity contribution in [3.05, 3.63) is 23.7 Å². The summed E-state index contributed by atoms with van der Waals surface area (Å²) in [6.07, 6.45) is 2.18. The predicted molar refractivity (Wildman–Crippen MR) is 74.9 cm³/mol. The fraction of sp³-hybridized carbons (Fsp3) is 0.688. The highest BCUT2D eigenvalue weighted by molar-refractivity contribution is 5.86. The largest absolute Gasteiger partial charge is 0.455 e. The van der Waals surface area contributed by atoms with Crippen LogP contribution >= 0.6 is 0 Å². The SMILES string of the molecule is COCc1ccc(C(=O)O[C@@H]2[C@H]3CCCO[C@@H]3C2(C)C)o1. The van der Waals surface area contributed by atoms with Crippen molar-refractivity contribution in [2.24, 2.45) is 11.3 Å². The molecule has 1 aliphatic carbocycles. The monoisotopic (exact) mass is 294 g/mol. The summed E-state index contributed by atoms with van der Waals surface area (Å²) in [4.78, 5) is 12.2. The normalized spacial score (nSPS) is 30.3. The molecule has 0 unspecified atom stereocenters. The van der Waals surface area contributed by atoms with Crippen LogP contribution in [-0.2, 0) is 20.8 Å². The van der Waals surface area contributed by atoms with E-state index in [0.29, 0.717) is 18.3 Å². The van der Waals surface area contributed by atoms with Gasteiger partial charge in [-0.05, 0) is 25.0 Å². The predicted octanol–water partition coefficient (Wildman–Crippen LogP) is 2.79. The quantitative estimate of drug-likeness (QED) is 0.799. The molecule has 5 nitrogen and oxygen atoms in total. The van der Waals surface area contributed by atoms with Gasteiger partial charge in [-0.25, -0.2) is 4.79 Å². The van der Waals surface area contributed by atoms with Crippen LogP contribution in [0.25, 0.3) is 0 Å². The molecular weight excluding hydrogens is 272 g/mol. The van der Waals surface area contributed by atoms with Crippen molar-refractivity contribution in [2.75, 3.05) is 13.7 Å². The third kappa shape index (κ3) is 2.49. The van der Waals surface area contributed by atoms with Gasteiger partial charge in [-0.3, -0.25) is 0 Å². The average Bonchev–Trinajstić information content (AvgIpc) is 2.94. The van der Waals surface area contributed by atoms with E-state index in [1.807, 2.05) is 0 Å². The van der Waals surface area contributed by atoms with Gasteiger partial charge in [0.15, 0.2) is 0 Å². The zero-order chi connectivity index (χ0) is 15.0. The van der Waals surface area contributed by atoms with E-state index in [2.05, 4.69) is 13.8 Å². The van der Waals surface area contributed by atoms with Gasteiger partial charge in [0.25, 0.3) is 0 Å². The average molecular weight is 294 g/mol. The molecule has 21 heavy (non-hydrogen) atoms. The molecule has 0 bridgehead atoms. The number of rotatable bonds is 4. The van der Waals surface area contributed by atoms with Gasteiger partial charge in [0.1, 0.15) is 18.5 Å². The molecule has 0 N–H and O–H groups in total. The maximum atomic E-state index is 12.2. The maximum Gasteiger partial charge on any atom is 0.374 e. The number of carbonyl (C=O) groups excluding carboxylic acids is 1. The van der Waals surface area contributed by atoms with Crippen LogP contribution in [0.1, 0.15) is 43.0 Å². The summed E-state index contributed by atoms with van der Waals surface area (Å²) in [5, 5.41) is 0. The van der Waals surface area contributed by atoms with Crippen LogP contribution in [0.5, 0.6) is 0 Å². The second kappa shape index (κ2) is 5.46. The summed E-state index contributed by atoms with van der Waals surface area (Å²) in [5.41, 5.74) is -0.136. The van der Waals surface area contributed by atoms with E-state index in [1.165, 1.54) is 0 Å². The van der Waals surface area contributed by atoms with Gasteiger partial charge in [0.05, 0.1) is 6.10 Å². The van der Waals surface area contributed by atoms with Crippen LogP contribution in [0.3, 0.4) is 0 Å². The maximum absolute atomic E-state index is 12.2. The Labute approximate surface area is 124 Å². The molecule has 1 aromatic rings. The lowest BCUT2D eigenvalue weighted by Crippen LogP contribution is -2.65. The first-order valence-electron chi connectivity index (χ1n) is 7.44. The Morgan fingerprint density at radius 1 is 1.43 bits per heavy atom. The molecule has 1 saturated heterocycles. The second-order valence-electron chi connectivity index (χ2n) is 6.44. The molecule has 0 spiro atoms. The van der Waals surface area contributed by atoms with Crippen LogP contribution < -0.4 is 0 Å². The molecule has 5 heteroatoms. The van der Waals surface area contributed by atoms with Gasteiger partial charge in [-0.1, -0.05) is 13.8 Å². The molecule has 0 amide bonds. The minimum atomic E-state index is -0.403. The molecule has 0 radical (unpaired) electrons. The van der Waals surface area contributed by atoms with Crippen molar-refractivity contribution in [2.45, 2.75) is 45.5 Å². The first-order valence-corrected chi connectivity index (χ1v) is 7.44. The highest BCUT2D eigenvalue weighted by Gasteiger charge is 2.60. The summed E-state index contributed by atoms with van der Waals surface area (Å²) >= 11 is 0. The lowest BCUT2D eigenvalue weighted by Gasteiger charge is -2.58. The number of fused-ring (bicyclic) bond motifs is 1. The Morgan fingerprint density at radius 3 is 3.00 bits per heavy atom. The number of hydrogen-bond donors (Lipinski definition) is 0. The van der Waals surface area contributed by atoms with Crippen molar-refractivity contribution >= 4 is 5.97 Å². The Morgan fingerprint density at radius 2 is 2.24 bits per heavy atom. The topological polar surface area (TPSA) is 57.9 Å². The van der Waals surface area contributed by atoms with Gasteiger partial charge in [-0.2, -0.15) is 0 Å². The molecule has 2 heterocycles. The van der Waals surface area contributed by atoms with Crippen LogP contribution in [0.2, 0.25) is 0 Å². The third-order valence-electron chi connectivity index (χ3n) is 4.61. The third-order valence-corrected chi connectivity index (χ3v) is 4.61. The number of hydrogen-bond acceptors (Lipinski definition) is 5. The van der Waals surface area contributed by atoms with Crippen molar-refractivity contribution in [3.8, 4) is 0 Å². The van der Waals surface area contributed by atoms with Gasteiger partial charge in [-0.15, -0.1) is 0 Å². The molecular formula is C16H22O5. The Kier molecular flexibility index (Phi) is 3.80. The number of carbonyl (C=O) groups is 1. The molecule has 1 aliphatic heterocycles. The first-order chi connectivity index (χ1) is 10.0. The molecule has 3 rings (SSSR count). The summed E-state index contributed by atoms with van der Waals surface area (Å²) in [5.74, 6) is 0.764. The van der Waals surface area contributed by atoms with Crippen LogP contribution in [0.15, 0.2) is 16.5 Å². The van der Waals surface area contributed by atoms with E-state index in [1.54, 1.807) is 19.2 Å². The van der Waals surface area contributed by atoms with E-state index in [-0.39, 0.29) is 23.4 Å². The minimum absolute atomic E-state index is 0.105. The summed E-state index contributed by atoms with van der Waals surface area (Å²) in [7, 11) is 1.58. The number of esters is 1. The van der Waals surface area contributed by atoms with Crippen molar-refractivity contribution in [3.63, 3.8) is 0 Å². The van der Waals surface area contributed by atoms with E-state index in [9.17, 15) is 4.79 Å². The highest BCUT2D eigenvalue weighted by Crippen LogP contribution is 2.53. The summed E-state index contributed by atoms with van der Waals surface area (Å²) in [6.45, 7) is 5.34. The molecule has 2 fully saturated rings. The van der Waals surface area contributed by atoms with E-state index < -0.39 is 5.97 Å². The van der Waals surface area contributed by atoms with Gasteiger partial charge in [0.2, 0.25) is 5.76 Å². The van der Waals surface area contributed by atoms with Crippen LogP contribution in [0, 0.1) is 11.3 Å². The van der Waals surface area contributed by atoms with Crippen molar-refractivity contribution in [1.29, 1.82) is 0 Å². The molecule has 3 atom stereocenters. The lowest BCUT2D eigenvalue weighted by atomic mass is 9.57. The fourth-order valence-electron chi connectivity index (χ4n) is 3.60. The summed E-state index contributed by atoms with van der Waals surface area (Å²) in [6, 6.07) is 3.37. The Bertz CT molecular complexity index is 518. The van der Waals surface area contributed by atoms with E-state index in [4.69, 9.17) is 18.6 Å². The first kappa shape index (κ1) is 14.6. The lowest BCUT2D eigenvalue weighted by molar-refractivity contribution is -0.243. The highest BCUT2D eigenvalue weighted by atomic mass is 16.6. The zero-order valence-corrected chi connectivity index (χ0v) is 12.8. The fourth-order valence-corrected chi connectivity index (χ4v) is 3.60. The van der Waals surface area contributed by atoms with Gasteiger partial charge < -0.3 is 18.6 Å². The van der Waals surface area contributed by atoms with Gasteiger partial charge in [0, 0.05) is 25.0 Å². The van der Waals surface area contributed by atoms with Crippen molar-refractivity contribution < 1.29 is 23.4 Å².